The Bertz CT molecular complexity index is 1560. The van der Waals surface area contributed by atoms with Crippen LogP contribution in [0.1, 0.15) is 67.7 Å². The molecule has 1 aromatic carbocycles. The monoisotopic (exact) mass is 511 g/mol. The number of nitrogens with zero attached hydrogens (tertiary/aromatic N) is 5. The number of rotatable bonds is 5. The molecule has 2 aliphatic rings. The van der Waals surface area contributed by atoms with E-state index in [1.807, 2.05) is 31.5 Å². The molecular formula is C31H37N5O2. The SMILES string of the molecule is Cc1cc(C2(c3nncn3C)CC(C)C2)cc(-c2coc3c(C)cc(CN4CCC[C@H](C)C4)cc3c2=O)n1. The molecule has 1 saturated carbocycles. The molecule has 38 heavy (non-hydrogen) atoms. The number of pyridine rings is 1. The van der Waals surface area contributed by atoms with Gasteiger partial charge in [-0.25, -0.2) is 0 Å². The Morgan fingerprint density at radius 1 is 1.11 bits per heavy atom. The summed E-state index contributed by atoms with van der Waals surface area (Å²) in [5.74, 6) is 2.27. The number of hydrogen-bond acceptors (Lipinski definition) is 6. The van der Waals surface area contributed by atoms with Gasteiger partial charge in [-0.1, -0.05) is 19.9 Å². The molecule has 1 saturated heterocycles. The molecule has 4 heterocycles. The number of likely N-dealkylation sites (tertiary alicyclic amines) is 1. The number of benzene rings is 1. The molecule has 6 rings (SSSR count). The van der Waals surface area contributed by atoms with Gasteiger partial charge in [-0.2, -0.15) is 0 Å². The summed E-state index contributed by atoms with van der Waals surface area (Å²) in [6, 6.07) is 8.39. The van der Waals surface area contributed by atoms with E-state index in [9.17, 15) is 4.79 Å². The van der Waals surface area contributed by atoms with E-state index in [0.717, 1.165) is 60.7 Å². The van der Waals surface area contributed by atoms with Crippen LogP contribution in [0.15, 0.2) is 46.1 Å². The van der Waals surface area contributed by atoms with Gasteiger partial charge in [-0.3, -0.25) is 14.7 Å². The summed E-state index contributed by atoms with van der Waals surface area (Å²) in [6.45, 7) is 11.7. The van der Waals surface area contributed by atoms with Crippen molar-refractivity contribution >= 4 is 11.0 Å². The first kappa shape index (κ1) is 25.0. The van der Waals surface area contributed by atoms with Gasteiger partial charge in [0.1, 0.15) is 24.0 Å². The third-order valence-corrected chi connectivity index (χ3v) is 8.58. The van der Waals surface area contributed by atoms with Crippen LogP contribution in [0.5, 0.6) is 0 Å². The molecule has 3 aromatic heterocycles. The van der Waals surface area contributed by atoms with Gasteiger partial charge in [0, 0.05) is 25.8 Å². The zero-order valence-corrected chi connectivity index (χ0v) is 23.1. The first-order valence-corrected chi connectivity index (χ1v) is 13.8. The van der Waals surface area contributed by atoms with Crippen LogP contribution in [0.2, 0.25) is 0 Å². The van der Waals surface area contributed by atoms with Crippen molar-refractivity contribution in [2.45, 2.75) is 65.3 Å². The second kappa shape index (κ2) is 9.45. The van der Waals surface area contributed by atoms with Crippen LogP contribution in [0.3, 0.4) is 0 Å². The number of hydrogen-bond donors (Lipinski definition) is 0. The van der Waals surface area contributed by atoms with Crippen molar-refractivity contribution in [3.05, 3.63) is 75.3 Å². The first-order valence-electron chi connectivity index (χ1n) is 13.8. The highest BCUT2D eigenvalue weighted by Gasteiger charge is 2.48. The maximum atomic E-state index is 13.9. The van der Waals surface area contributed by atoms with Gasteiger partial charge >= 0.3 is 0 Å². The van der Waals surface area contributed by atoms with Crippen LogP contribution in [-0.2, 0) is 19.0 Å². The van der Waals surface area contributed by atoms with E-state index < -0.39 is 0 Å². The maximum absolute atomic E-state index is 13.9. The molecule has 7 heteroatoms. The van der Waals surface area contributed by atoms with E-state index in [2.05, 4.69) is 47.1 Å². The molecule has 1 atom stereocenters. The van der Waals surface area contributed by atoms with Crippen molar-refractivity contribution in [1.82, 2.24) is 24.6 Å². The summed E-state index contributed by atoms with van der Waals surface area (Å²) >= 11 is 0. The van der Waals surface area contributed by atoms with E-state index in [0.29, 0.717) is 34.1 Å². The number of fused-ring (bicyclic) bond motifs is 1. The van der Waals surface area contributed by atoms with Gasteiger partial charge in [-0.15, -0.1) is 10.2 Å². The van der Waals surface area contributed by atoms with Gasteiger partial charge in [-0.05, 0) is 92.8 Å². The van der Waals surface area contributed by atoms with Crippen molar-refractivity contribution < 1.29 is 4.42 Å². The molecule has 4 aromatic rings. The molecule has 0 bridgehead atoms. The predicted molar refractivity (Wildman–Crippen MR) is 149 cm³/mol. The number of aromatic nitrogens is 4. The average molecular weight is 512 g/mol. The molecule has 0 unspecified atom stereocenters. The Morgan fingerprint density at radius 2 is 1.92 bits per heavy atom. The van der Waals surface area contributed by atoms with E-state index in [1.54, 1.807) is 12.6 Å². The molecule has 2 fully saturated rings. The maximum Gasteiger partial charge on any atom is 0.202 e. The van der Waals surface area contributed by atoms with Gasteiger partial charge in [0.2, 0.25) is 5.43 Å². The summed E-state index contributed by atoms with van der Waals surface area (Å²) in [6.07, 6.45) is 7.86. The fourth-order valence-corrected chi connectivity index (χ4v) is 6.92. The Labute approximate surface area is 223 Å². The lowest BCUT2D eigenvalue weighted by Crippen LogP contribution is -2.43. The normalized spacial score (nSPS) is 24.0. The molecular weight excluding hydrogens is 474 g/mol. The summed E-state index contributed by atoms with van der Waals surface area (Å²) in [5.41, 5.74) is 5.74. The lowest BCUT2D eigenvalue weighted by molar-refractivity contribution is 0.176. The Morgan fingerprint density at radius 3 is 2.63 bits per heavy atom. The van der Waals surface area contributed by atoms with E-state index in [4.69, 9.17) is 9.40 Å². The quantitative estimate of drug-likeness (QED) is 0.350. The fourth-order valence-electron chi connectivity index (χ4n) is 6.92. The van der Waals surface area contributed by atoms with Crippen LogP contribution in [0, 0.1) is 25.7 Å². The minimum atomic E-state index is -0.223. The zero-order valence-electron chi connectivity index (χ0n) is 23.1. The third-order valence-electron chi connectivity index (χ3n) is 8.58. The van der Waals surface area contributed by atoms with Crippen molar-refractivity contribution in [3.8, 4) is 11.3 Å². The minimum Gasteiger partial charge on any atom is -0.463 e. The standard InChI is InChI=1S/C31H37N5O2/c1-19-7-6-8-36(15-19)16-23-9-21(3)29-25(11-23)28(37)26(17-38-29)27-12-24(10-22(4)33-27)31(13-20(2)14-31)30-34-32-18-35(30)5/h9-12,17-20H,6-8,13-16H2,1-5H3/t19-,20?,31?/m0/s1. The van der Waals surface area contributed by atoms with Gasteiger partial charge in [0.05, 0.1) is 22.1 Å². The van der Waals surface area contributed by atoms with E-state index in [1.165, 1.54) is 12.8 Å². The highest BCUT2D eigenvalue weighted by atomic mass is 16.3. The second-order valence-electron chi connectivity index (χ2n) is 12.0. The number of piperidine rings is 1. The molecule has 1 aliphatic heterocycles. The first-order chi connectivity index (χ1) is 18.2. The average Bonchev–Trinajstić information content (AvgIpc) is 3.28. The Kier molecular flexibility index (Phi) is 6.22. The summed E-state index contributed by atoms with van der Waals surface area (Å²) in [4.78, 5) is 21.2. The Hall–Kier alpha value is -3.32. The van der Waals surface area contributed by atoms with Crippen molar-refractivity contribution in [3.63, 3.8) is 0 Å². The second-order valence-corrected chi connectivity index (χ2v) is 12.0. The molecule has 0 spiro atoms. The number of aryl methyl sites for hydroxylation is 3. The van der Waals surface area contributed by atoms with E-state index >= 15 is 0 Å². The molecule has 0 amide bonds. The summed E-state index contributed by atoms with van der Waals surface area (Å²) < 4.78 is 8.12. The lowest BCUT2D eigenvalue weighted by atomic mass is 9.58. The molecule has 7 nitrogen and oxygen atoms in total. The van der Waals surface area contributed by atoms with Gasteiger partial charge < -0.3 is 8.98 Å². The Balaban J connectivity index is 1.42. The molecule has 198 valence electrons. The molecule has 0 radical (unpaired) electrons. The zero-order chi connectivity index (χ0) is 26.6. The largest absolute Gasteiger partial charge is 0.463 e. The third kappa shape index (κ3) is 4.27. The van der Waals surface area contributed by atoms with Crippen LogP contribution in [-0.4, -0.2) is 37.7 Å². The topological polar surface area (TPSA) is 77.0 Å². The summed E-state index contributed by atoms with van der Waals surface area (Å²) in [7, 11) is 2.00. The summed E-state index contributed by atoms with van der Waals surface area (Å²) in [5, 5.41) is 9.29. The van der Waals surface area contributed by atoms with Crippen LogP contribution in [0.25, 0.3) is 22.2 Å². The van der Waals surface area contributed by atoms with E-state index in [-0.39, 0.29) is 10.8 Å². The highest BCUT2D eigenvalue weighted by molar-refractivity contribution is 5.84. The van der Waals surface area contributed by atoms with Crippen molar-refractivity contribution in [1.29, 1.82) is 0 Å². The smallest absolute Gasteiger partial charge is 0.202 e. The van der Waals surface area contributed by atoms with Crippen molar-refractivity contribution in [2.24, 2.45) is 18.9 Å². The van der Waals surface area contributed by atoms with Crippen LogP contribution < -0.4 is 5.43 Å². The van der Waals surface area contributed by atoms with Crippen molar-refractivity contribution in [2.75, 3.05) is 13.1 Å². The van der Waals surface area contributed by atoms with Crippen LogP contribution in [0.4, 0.5) is 0 Å². The fraction of sp³-hybridized carbons (Fsp3) is 0.484. The highest BCUT2D eigenvalue weighted by Crippen LogP contribution is 2.51. The van der Waals surface area contributed by atoms with Crippen LogP contribution >= 0.6 is 0 Å². The molecule has 0 N–H and O–H groups in total. The minimum absolute atomic E-state index is 0.0260. The van der Waals surface area contributed by atoms with Gasteiger partial charge in [0.25, 0.3) is 0 Å². The predicted octanol–water partition coefficient (Wildman–Crippen LogP) is 5.55. The molecule has 1 aliphatic carbocycles. The lowest BCUT2D eigenvalue weighted by Gasteiger charge is -2.46. The van der Waals surface area contributed by atoms with Gasteiger partial charge in [0.15, 0.2) is 0 Å².